The van der Waals surface area contributed by atoms with Gasteiger partial charge in [-0.3, -0.25) is 9.69 Å². The molecular formula is C17H27Cl2N3O2. The number of nitrogens with zero attached hydrogens (tertiary/aromatic N) is 2. The Kier molecular flexibility index (Phi) is 8.84. The van der Waals surface area contributed by atoms with E-state index in [0.717, 1.165) is 51.9 Å². The van der Waals surface area contributed by atoms with E-state index in [0.29, 0.717) is 11.3 Å². The minimum atomic E-state index is 0. The molecule has 2 aliphatic rings. The quantitative estimate of drug-likeness (QED) is 0.823. The number of nitrogen functional groups attached to an aromatic ring is 1. The number of benzene rings is 1. The molecule has 136 valence electrons. The molecule has 0 saturated carbocycles. The molecule has 0 radical (unpaired) electrons. The van der Waals surface area contributed by atoms with E-state index in [1.807, 2.05) is 23.1 Å². The Morgan fingerprint density at radius 1 is 1.12 bits per heavy atom. The summed E-state index contributed by atoms with van der Waals surface area (Å²) in [5.41, 5.74) is 7.10. The average Bonchev–Trinajstić information content (AvgIpc) is 2.56. The number of anilines is 1. The van der Waals surface area contributed by atoms with Crippen LogP contribution in [0.2, 0.25) is 0 Å². The molecule has 2 saturated heterocycles. The number of halogens is 2. The van der Waals surface area contributed by atoms with Crippen LogP contribution in [0.3, 0.4) is 0 Å². The van der Waals surface area contributed by atoms with E-state index in [1.165, 1.54) is 12.8 Å². The van der Waals surface area contributed by atoms with Gasteiger partial charge in [0.1, 0.15) is 0 Å². The van der Waals surface area contributed by atoms with Crippen LogP contribution in [0, 0.1) is 5.92 Å². The summed E-state index contributed by atoms with van der Waals surface area (Å²) in [7, 11) is 0. The highest BCUT2D eigenvalue weighted by atomic mass is 35.5. The molecule has 3 rings (SSSR count). The molecule has 24 heavy (non-hydrogen) atoms. The second kappa shape index (κ2) is 10.1. The molecule has 0 aromatic heterocycles. The highest BCUT2D eigenvalue weighted by Gasteiger charge is 2.24. The van der Waals surface area contributed by atoms with Crippen molar-refractivity contribution in [1.29, 1.82) is 0 Å². The van der Waals surface area contributed by atoms with Crippen LogP contribution in [0.5, 0.6) is 0 Å². The fourth-order valence-corrected chi connectivity index (χ4v) is 3.28. The van der Waals surface area contributed by atoms with Crippen molar-refractivity contribution in [2.24, 2.45) is 5.92 Å². The Morgan fingerprint density at radius 3 is 2.42 bits per heavy atom. The van der Waals surface area contributed by atoms with Gasteiger partial charge >= 0.3 is 0 Å². The number of piperazine rings is 1. The number of amides is 1. The van der Waals surface area contributed by atoms with Crippen molar-refractivity contribution in [2.75, 3.05) is 51.7 Å². The summed E-state index contributed by atoms with van der Waals surface area (Å²) in [5.74, 6) is 0.850. The van der Waals surface area contributed by atoms with E-state index in [1.54, 1.807) is 6.07 Å². The van der Waals surface area contributed by atoms with E-state index in [4.69, 9.17) is 10.5 Å². The number of ether oxygens (including phenoxy) is 1. The average molecular weight is 376 g/mol. The number of hydrogen-bond acceptors (Lipinski definition) is 4. The van der Waals surface area contributed by atoms with Crippen molar-refractivity contribution < 1.29 is 9.53 Å². The van der Waals surface area contributed by atoms with Crippen molar-refractivity contribution in [3.8, 4) is 0 Å². The summed E-state index contributed by atoms with van der Waals surface area (Å²) >= 11 is 0. The molecule has 1 aromatic rings. The smallest absolute Gasteiger partial charge is 0.254 e. The van der Waals surface area contributed by atoms with Gasteiger partial charge in [-0.25, -0.2) is 0 Å². The molecule has 7 heteroatoms. The van der Waals surface area contributed by atoms with Crippen molar-refractivity contribution in [2.45, 2.75) is 12.8 Å². The van der Waals surface area contributed by atoms with Crippen LogP contribution >= 0.6 is 24.8 Å². The third kappa shape index (κ3) is 5.52. The van der Waals surface area contributed by atoms with Crippen LogP contribution in [0.25, 0.3) is 0 Å². The lowest BCUT2D eigenvalue weighted by atomic mass is 9.99. The van der Waals surface area contributed by atoms with Gasteiger partial charge in [-0.05, 0) is 37.0 Å². The van der Waals surface area contributed by atoms with Gasteiger partial charge in [0, 0.05) is 57.2 Å². The molecule has 2 heterocycles. The molecule has 2 N–H and O–H groups in total. The van der Waals surface area contributed by atoms with Gasteiger partial charge in [-0.1, -0.05) is 6.07 Å². The molecule has 0 aliphatic carbocycles. The summed E-state index contributed by atoms with van der Waals surface area (Å²) in [6.45, 7) is 6.48. The first kappa shape index (κ1) is 21.0. The minimum absolute atomic E-state index is 0. The third-order valence-corrected chi connectivity index (χ3v) is 4.65. The first-order valence-electron chi connectivity index (χ1n) is 8.17. The lowest BCUT2D eigenvalue weighted by Gasteiger charge is -2.37. The van der Waals surface area contributed by atoms with Gasteiger partial charge in [0.15, 0.2) is 0 Å². The van der Waals surface area contributed by atoms with Gasteiger partial charge in [0.05, 0.1) is 0 Å². The zero-order valence-electron chi connectivity index (χ0n) is 13.9. The maximum absolute atomic E-state index is 12.5. The molecule has 0 unspecified atom stereocenters. The zero-order chi connectivity index (χ0) is 15.4. The van der Waals surface area contributed by atoms with E-state index < -0.39 is 0 Å². The Hall–Kier alpha value is -1.01. The van der Waals surface area contributed by atoms with E-state index in [2.05, 4.69) is 4.90 Å². The Balaban J connectivity index is 0.00000144. The van der Waals surface area contributed by atoms with Gasteiger partial charge < -0.3 is 15.4 Å². The van der Waals surface area contributed by atoms with Crippen LogP contribution in [-0.4, -0.2) is 61.6 Å². The highest BCUT2D eigenvalue weighted by Crippen LogP contribution is 2.18. The normalized spacial score (nSPS) is 19.2. The van der Waals surface area contributed by atoms with Crippen molar-refractivity contribution in [1.82, 2.24) is 9.80 Å². The molecule has 1 amide bonds. The topological polar surface area (TPSA) is 58.8 Å². The molecule has 0 spiro atoms. The highest BCUT2D eigenvalue weighted by molar-refractivity contribution is 5.95. The maximum atomic E-state index is 12.5. The van der Waals surface area contributed by atoms with Gasteiger partial charge in [0.2, 0.25) is 0 Å². The molecule has 2 fully saturated rings. The molecule has 5 nitrogen and oxygen atoms in total. The van der Waals surface area contributed by atoms with E-state index >= 15 is 0 Å². The van der Waals surface area contributed by atoms with Crippen LogP contribution in [0.4, 0.5) is 5.69 Å². The van der Waals surface area contributed by atoms with Gasteiger partial charge in [-0.2, -0.15) is 0 Å². The summed E-state index contributed by atoms with van der Waals surface area (Å²) in [4.78, 5) is 16.9. The standard InChI is InChI=1S/C17H25N3O2.2ClH/c18-16-3-1-2-15(12-16)17(21)20-8-6-19(7-9-20)13-14-4-10-22-11-5-14;;/h1-3,12,14H,4-11,13,18H2;2*1H. The Morgan fingerprint density at radius 2 is 1.79 bits per heavy atom. The number of nitrogens with two attached hydrogens (primary N) is 1. The predicted molar refractivity (Wildman–Crippen MR) is 101 cm³/mol. The lowest BCUT2D eigenvalue weighted by molar-refractivity contribution is 0.0393. The van der Waals surface area contributed by atoms with Crippen LogP contribution < -0.4 is 5.73 Å². The number of carbonyl (C=O) groups excluding carboxylic acids is 1. The predicted octanol–water partition coefficient (Wildman–Crippen LogP) is 2.30. The molecule has 2 aliphatic heterocycles. The van der Waals surface area contributed by atoms with Crippen LogP contribution in [0.1, 0.15) is 23.2 Å². The third-order valence-electron chi connectivity index (χ3n) is 4.65. The van der Waals surface area contributed by atoms with Crippen molar-refractivity contribution in [3.05, 3.63) is 29.8 Å². The van der Waals surface area contributed by atoms with E-state index in [9.17, 15) is 4.79 Å². The summed E-state index contributed by atoms with van der Waals surface area (Å²) in [6.07, 6.45) is 2.34. The molecule has 0 bridgehead atoms. The molecule has 1 aromatic carbocycles. The van der Waals surface area contributed by atoms with Crippen LogP contribution in [0.15, 0.2) is 24.3 Å². The molecule has 0 atom stereocenters. The monoisotopic (exact) mass is 375 g/mol. The van der Waals surface area contributed by atoms with Crippen molar-refractivity contribution >= 4 is 36.4 Å². The number of hydrogen-bond donors (Lipinski definition) is 1. The zero-order valence-corrected chi connectivity index (χ0v) is 15.5. The van der Waals surface area contributed by atoms with Crippen molar-refractivity contribution in [3.63, 3.8) is 0 Å². The van der Waals surface area contributed by atoms with Crippen LogP contribution in [-0.2, 0) is 4.74 Å². The SMILES string of the molecule is Cl.Cl.Nc1cccc(C(=O)N2CCN(CC3CCOCC3)CC2)c1. The summed E-state index contributed by atoms with van der Waals surface area (Å²) in [6, 6.07) is 7.25. The summed E-state index contributed by atoms with van der Waals surface area (Å²) in [5, 5.41) is 0. The molecular weight excluding hydrogens is 349 g/mol. The number of rotatable bonds is 3. The number of carbonyl (C=O) groups is 1. The first-order chi connectivity index (χ1) is 10.7. The van der Waals surface area contributed by atoms with Gasteiger partial charge in [-0.15, -0.1) is 24.8 Å². The fraction of sp³-hybridized carbons (Fsp3) is 0.588. The second-order valence-electron chi connectivity index (χ2n) is 6.27. The van der Waals surface area contributed by atoms with E-state index in [-0.39, 0.29) is 30.7 Å². The lowest BCUT2D eigenvalue weighted by Crippen LogP contribution is -2.50. The fourth-order valence-electron chi connectivity index (χ4n) is 3.28. The second-order valence-corrected chi connectivity index (χ2v) is 6.27. The minimum Gasteiger partial charge on any atom is -0.399 e. The van der Waals surface area contributed by atoms with Gasteiger partial charge in [0.25, 0.3) is 5.91 Å². The summed E-state index contributed by atoms with van der Waals surface area (Å²) < 4.78 is 5.41. The first-order valence-corrected chi connectivity index (χ1v) is 8.17. The Labute approximate surface area is 156 Å². The maximum Gasteiger partial charge on any atom is 0.254 e. The Bertz CT molecular complexity index is 516. The largest absolute Gasteiger partial charge is 0.399 e.